The number of amides is 2. The van der Waals surface area contributed by atoms with Gasteiger partial charge < -0.3 is 20.7 Å². The molecule has 0 spiro atoms. The average Bonchev–Trinajstić information content (AvgIpc) is 3.46. The Labute approximate surface area is 192 Å². The quantitative estimate of drug-likeness (QED) is 0.379. The van der Waals surface area contributed by atoms with E-state index in [0.717, 1.165) is 38.8 Å². The lowest BCUT2D eigenvalue weighted by Crippen LogP contribution is -2.54. The van der Waals surface area contributed by atoms with Gasteiger partial charge in [0.05, 0.1) is 31.5 Å². The van der Waals surface area contributed by atoms with Crippen molar-refractivity contribution in [3.8, 4) is 0 Å². The third-order valence-corrected chi connectivity index (χ3v) is 7.96. The summed E-state index contributed by atoms with van der Waals surface area (Å²) in [5.74, 6) is 1.28. The van der Waals surface area contributed by atoms with Gasteiger partial charge in [0.2, 0.25) is 11.8 Å². The molecule has 4 fully saturated rings. The molecule has 4 aliphatic rings. The van der Waals surface area contributed by atoms with Gasteiger partial charge in [-0.05, 0) is 64.0 Å². The van der Waals surface area contributed by atoms with Gasteiger partial charge in [-0.3, -0.25) is 14.5 Å². The number of ether oxygens (including phenoxy) is 1. The molecule has 182 valence electrons. The zero-order valence-corrected chi connectivity index (χ0v) is 19.7. The molecule has 6 unspecified atom stereocenters. The van der Waals surface area contributed by atoms with Crippen molar-refractivity contribution in [1.82, 2.24) is 31.7 Å². The minimum atomic E-state index is -0.278. The Hall–Kier alpha value is -1.26. The third-order valence-electron chi connectivity index (χ3n) is 7.96. The van der Waals surface area contributed by atoms with E-state index in [1.165, 1.54) is 12.8 Å². The summed E-state index contributed by atoms with van der Waals surface area (Å²) >= 11 is 0. The summed E-state index contributed by atoms with van der Waals surface area (Å²) in [4.78, 5) is 28.0. The number of carbonyl (C=O) groups excluding carboxylic acids is 2. The summed E-state index contributed by atoms with van der Waals surface area (Å²) in [7, 11) is 2.14. The lowest BCUT2D eigenvalue weighted by Gasteiger charge is -2.36. The highest BCUT2D eigenvalue weighted by atomic mass is 16.5. The minimum absolute atomic E-state index is 0.0615. The van der Waals surface area contributed by atoms with Crippen LogP contribution in [0.3, 0.4) is 0 Å². The fraction of sp³-hybridized carbons (Fsp3) is 0.913. The third kappa shape index (κ3) is 6.20. The summed E-state index contributed by atoms with van der Waals surface area (Å²) in [6.07, 6.45) is 8.24. The van der Waals surface area contributed by atoms with Gasteiger partial charge in [-0.25, -0.2) is 10.9 Å². The Morgan fingerprint density at radius 1 is 1.09 bits per heavy atom. The van der Waals surface area contributed by atoms with Crippen LogP contribution >= 0.6 is 0 Å². The van der Waals surface area contributed by atoms with Crippen molar-refractivity contribution in [2.75, 3.05) is 33.5 Å². The number of hydrazine groups is 1. The van der Waals surface area contributed by atoms with Crippen molar-refractivity contribution in [2.45, 2.75) is 82.6 Å². The second-order valence-corrected chi connectivity index (χ2v) is 10.4. The van der Waals surface area contributed by atoms with E-state index in [4.69, 9.17) is 4.74 Å². The number of carbonyl (C=O) groups is 2. The first-order chi connectivity index (χ1) is 15.5. The summed E-state index contributed by atoms with van der Waals surface area (Å²) < 4.78 is 5.36. The highest BCUT2D eigenvalue weighted by Gasteiger charge is 2.35. The van der Waals surface area contributed by atoms with E-state index in [2.05, 4.69) is 45.7 Å². The molecule has 9 heteroatoms. The molecule has 7 atom stereocenters. The van der Waals surface area contributed by atoms with Gasteiger partial charge in [0.15, 0.2) is 0 Å². The molecule has 9 nitrogen and oxygen atoms in total. The first-order valence-corrected chi connectivity index (χ1v) is 12.6. The summed E-state index contributed by atoms with van der Waals surface area (Å²) in [6.45, 7) is 5.25. The molecule has 1 aliphatic carbocycles. The van der Waals surface area contributed by atoms with E-state index in [1.807, 2.05) is 0 Å². The van der Waals surface area contributed by atoms with Crippen molar-refractivity contribution in [2.24, 2.45) is 17.8 Å². The monoisotopic (exact) mass is 450 g/mol. The van der Waals surface area contributed by atoms with Gasteiger partial charge >= 0.3 is 0 Å². The van der Waals surface area contributed by atoms with E-state index in [-0.39, 0.29) is 35.9 Å². The molecule has 0 aromatic heterocycles. The predicted molar refractivity (Wildman–Crippen MR) is 122 cm³/mol. The first kappa shape index (κ1) is 23.9. The Balaban J connectivity index is 1.23. The smallest absolute Gasteiger partial charge is 0.237 e. The van der Waals surface area contributed by atoms with E-state index in [1.54, 1.807) is 0 Å². The highest BCUT2D eigenvalue weighted by molar-refractivity contribution is 5.84. The van der Waals surface area contributed by atoms with Crippen LogP contribution in [0, 0.1) is 17.8 Å². The molecule has 0 bridgehead atoms. The Kier molecular flexibility index (Phi) is 8.39. The highest BCUT2D eigenvalue weighted by Crippen LogP contribution is 2.33. The fourth-order valence-electron chi connectivity index (χ4n) is 5.79. The van der Waals surface area contributed by atoms with Crippen LogP contribution in [0.15, 0.2) is 0 Å². The van der Waals surface area contributed by atoms with Gasteiger partial charge in [-0.1, -0.05) is 19.8 Å². The number of nitrogens with one attached hydrogen (secondary N) is 5. The number of nitrogens with zero attached hydrogens (tertiary/aromatic N) is 1. The van der Waals surface area contributed by atoms with Crippen LogP contribution in [0.5, 0.6) is 0 Å². The minimum Gasteiger partial charge on any atom is -0.379 e. The maximum absolute atomic E-state index is 13.0. The number of hydrogen-bond donors (Lipinski definition) is 5. The van der Waals surface area contributed by atoms with Crippen LogP contribution in [-0.2, 0) is 14.3 Å². The van der Waals surface area contributed by atoms with Crippen molar-refractivity contribution in [3.63, 3.8) is 0 Å². The van der Waals surface area contributed by atoms with E-state index in [9.17, 15) is 9.59 Å². The molecule has 4 rings (SSSR count). The van der Waals surface area contributed by atoms with Crippen molar-refractivity contribution in [1.29, 1.82) is 0 Å². The van der Waals surface area contributed by atoms with Crippen LogP contribution in [0.25, 0.3) is 0 Å². The molecule has 1 saturated carbocycles. The number of rotatable bonds is 7. The second kappa shape index (κ2) is 11.2. The summed E-state index contributed by atoms with van der Waals surface area (Å²) in [6, 6.07) is 0.0862. The largest absolute Gasteiger partial charge is 0.379 e. The molecule has 5 N–H and O–H groups in total. The van der Waals surface area contributed by atoms with Gasteiger partial charge in [-0.15, -0.1) is 0 Å². The molecule has 0 radical (unpaired) electrons. The van der Waals surface area contributed by atoms with Crippen LogP contribution in [0.1, 0.15) is 58.3 Å². The van der Waals surface area contributed by atoms with Crippen molar-refractivity contribution >= 4 is 11.8 Å². The van der Waals surface area contributed by atoms with E-state index < -0.39 is 0 Å². The van der Waals surface area contributed by atoms with Crippen molar-refractivity contribution in [3.05, 3.63) is 0 Å². The molecular weight excluding hydrogens is 408 g/mol. The SMILES string of the molecule is C[C@H](CC1NNCN1C)C1CCCC(NC(=O)C2CC(C(=O)NC3CCOC3)CCN2)C1. The molecule has 0 aromatic rings. The maximum Gasteiger partial charge on any atom is 0.237 e. The fourth-order valence-corrected chi connectivity index (χ4v) is 5.79. The van der Waals surface area contributed by atoms with Gasteiger partial charge in [0.1, 0.15) is 0 Å². The van der Waals surface area contributed by atoms with E-state index in [0.29, 0.717) is 44.2 Å². The molecule has 3 saturated heterocycles. The number of piperidine rings is 1. The van der Waals surface area contributed by atoms with Crippen molar-refractivity contribution < 1.29 is 14.3 Å². The van der Waals surface area contributed by atoms with Gasteiger partial charge in [-0.2, -0.15) is 0 Å². The predicted octanol–water partition coefficient (Wildman–Crippen LogP) is 0.284. The average molecular weight is 451 g/mol. The standard InChI is InChI=1S/C23H42N6O3/c1-15(10-21-28-25-14-29(21)2)16-4-3-5-18(11-16)26-23(31)20-12-17(6-8-24-20)22(30)27-19-7-9-32-13-19/h15-21,24-25,28H,3-14H2,1-2H3,(H,26,31)(H,27,30)/t15-,16?,17?,18?,19?,20?,21?/m1/s1. The molecular formula is C23H42N6O3. The molecule has 32 heavy (non-hydrogen) atoms. The maximum atomic E-state index is 13.0. The zero-order valence-electron chi connectivity index (χ0n) is 19.7. The normalized spacial score (nSPS) is 37.2. The van der Waals surface area contributed by atoms with Crippen LogP contribution in [0.4, 0.5) is 0 Å². The lowest BCUT2D eigenvalue weighted by atomic mass is 9.77. The molecule has 0 aromatic carbocycles. The molecule has 3 aliphatic heterocycles. The topological polar surface area (TPSA) is 107 Å². The Morgan fingerprint density at radius 3 is 2.69 bits per heavy atom. The van der Waals surface area contributed by atoms with Gasteiger partial charge in [0.25, 0.3) is 0 Å². The van der Waals surface area contributed by atoms with Crippen LogP contribution < -0.4 is 26.8 Å². The number of hydrogen-bond acceptors (Lipinski definition) is 7. The lowest BCUT2D eigenvalue weighted by molar-refractivity contribution is -0.129. The molecule has 3 heterocycles. The Bertz CT molecular complexity index is 643. The van der Waals surface area contributed by atoms with Crippen LogP contribution in [-0.4, -0.2) is 74.5 Å². The summed E-state index contributed by atoms with van der Waals surface area (Å²) in [5.41, 5.74) is 6.57. The van der Waals surface area contributed by atoms with E-state index >= 15 is 0 Å². The van der Waals surface area contributed by atoms with Gasteiger partial charge in [0, 0.05) is 18.6 Å². The Morgan fingerprint density at radius 2 is 1.94 bits per heavy atom. The zero-order chi connectivity index (χ0) is 22.5. The second-order valence-electron chi connectivity index (χ2n) is 10.4. The summed E-state index contributed by atoms with van der Waals surface area (Å²) in [5, 5.41) is 9.76. The molecule has 2 amide bonds. The van der Waals surface area contributed by atoms with Crippen LogP contribution in [0.2, 0.25) is 0 Å². The first-order valence-electron chi connectivity index (χ1n) is 12.6.